The van der Waals surface area contributed by atoms with Crippen LogP contribution in [-0.4, -0.2) is 39.4 Å². The number of aliphatic hydroxyl groups is 1. The van der Waals surface area contributed by atoms with Gasteiger partial charge in [-0.05, 0) is 37.6 Å². The molecular weight excluding hydrogens is 288 g/mol. The van der Waals surface area contributed by atoms with Crippen LogP contribution in [0, 0.1) is 25.5 Å². The van der Waals surface area contributed by atoms with Crippen LogP contribution in [0.1, 0.15) is 29.1 Å². The van der Waals surface area contributed by atoms with Crippen molar-refractivity contribution in [3.63, 3.8) is 0 Å². The minimum Gasteiger partial charge on any atom is -0.387 e. The van der Waals surface area contributed by atoms with Gasteiger partial charge in [0.25, 0.3) is 0 Å². The average Bonchev–Trinajstić information content (AvgIpc) is 2.75. The molecule has 118 valence electrons. The molecule has 1 fully saturated rings. The van der Waals surface area contributed by atoms with E-state index in [1.165, 1.54) is 6.07 Å². The van der Waals surface area contributed by atoms with Crippen molar-refractivity contribution in [2.75, 3.05) is 19.6 Å². The van der Waals surface area contributed by atoms with E-state index < -0.39 is 17.7 Å². The van der Waals surface area contributed by atoms with E-state index in [0.717, 1.165) is 36.6 Å². The smallest absolute Gasteiger partial charge is 0.159 e. The lowest BCUT2D eigenvalue weighted by atomic mass is 10.0. The number of β-amino-alcohol motifs (C(OH)–C–C–N with tert-alkyl or cyclic N) is 1. The van der Waals surface area contributed by atoms with Gasteiger partial charge in [-0.3, -0.25) is 9.58 Å². The third kappa shape index (κ3) is 2.89. The molecule has 22 heavy (non-hydrogen) atoms. The molecule has 0 aliphatic carbocycles. The topological polar surface area (TPSA) is 41.3 Å². The standard InChI is InChI=1S/C16H19F2N3O/c1-10-5-11(2)21(19-10)13-7-20(8-13)9-16(22)12-3-4-14(17)15(18)6-12/h3-6,13,16,22H,7-9H2,1-2H3/t16-/m0/s1. The fourth-order valence-corrected chi connectivity index (χ4v) is 2.93. The van der Waals surface area contributed by atoms with Crippen LogP contribution in [0.15, 0.2) is 24.3 Å². The van der Waals surface area contributed by atoms with Gasteiger partial charge in [-0.1, -0.05) is 6.07 Å². The van der Waals surface area contributed by atoms with Gasteiger partial charge in [0.1, 0.15) is 0 Å². The van der Waals surface area contributed by atoms with E-state index in [9.17, 15) is 13.9 Å². The maximum Gasteiger partial charge on any atom is 0.159 e. The first-order valence-corrected chi connectivity index (χ1v) is 7.32. The third-order valence-electron chi connectivity index (χ3n) is 4.09. The molecule has 0 bridgehead atoms. The van der Waals surface area contributed by atoms with Crippen LogP contribution in [0.5, 0.6) is 0 Å². The fraction of sp³-hybridized carbons (Fsp3) is 0.438. The molecule has 0 amide bonds. The molecule has 1 atom stereocenters. The lowest BCUT2D eigenvalue weighted by molar-refractivity contribution is 0.0392. The Morgan fingerprint density at radius 1 is 1.23 bits per heavy atom. The summed E-state index contributed by atoms with van der Waals surface area (Å²) >= 11 is 0. The highest BCUT2D eigenvalue weighted by atomic mass is 19.2. The Morgan fingerprint density at radius 3 is 2.55 bits per heavy atom. The summed E-state index contributed by atoms with van der Waals surface area (Å²) in [5.41, 5.74) is 2.52. The van der Waals surface area contributed by atoms with Crippen LogP contribution in [0.4, 0.5) is 8.78 Å². The van der Waals surface area contributed by atoms with E-state index in [0.29, 0.717) is 18.2 Å². The van der Waals surface area contributed by atoms with Crippen LogP contribution in [0.25, 0.3) is 0 Å². The summed E-state index contributed by atoms with van der Waals surface area (Å²) < 4.78 is 28.1. The molecule has 0 radical (unpaired) electrons. The summed E-state index contributed by atoms with van der Waals surface area (Å²) in [5.74, 6) is -1.83. The largest absolute Gasteiger partial charge is 0.387 e. The van der Waals surface area contributed by atoms with E-state index in [1.807, 2.05) is 24.6 Å². The number of hydrogen-bond donors (Lipinski definition) is 1. The molecule has 1 N–H and O–H groups in total. The molecule has 2 heterocycles. The first-order chi connectivity index (χ1) is 10.4. The molecule has 0 spiro atoms. The van der Waals surface area contributed by atoms with Crippen LogP contribution < -0.4 is 0 Å². The van der Waals surface area contributed by atoms with Crippen molar-refractivity contribution in [3.8, 4) is 0 Å². The van der Waals surface area contributed by atoms with E-state index in [-0.39, 0.29) is 0 Å². The van der Waals surface area contributed by atoms with E-state index in [2.05, 4.69) is 10.00 Å². The Labute approximate surface area is 128 Å². The molecule has 0 unspecified atom stereocenters. The van der Waals surface area contributed by atoms with Crippen molar-refractivity contribution in [2.45, 2.75) is 26.0 Å². The van der Waals surface area contributed by atoms with Gasteiger partial charge in [-0.25, -0.2) is 8.78 Å². The number of likely N-dealkylation sites (tertiary alicyclic amines) is 1. The Morgan fingerprint density at radius 2 is 1.95 bits per heavy atom. The summed E-state index contributed by atoms with van der Waals surface area (Å²) in [6.45, 7) is 5.98. The Bertz CT molecular complexity index is 680. The number of benzene rings is 1. The molecule has 3 rings (SSSR count). The van der Waals surface area contributed by atoms with Gasteiger partial charge in [0.15, 0.2) is 11.6 Å². The van der Waals surface area contributed by atoms with Crippen LogP contribution in [-0.2, 0) is 0 Å². The van der Waals surface area contributed by atoms with Crippen molar-refractivity contribution >= 4 is 0 Å². The summed E-state index contributed by atoms with van der Waals surface area (Å²) in [7, 11) is 0. The van der Waals surface area contributed by atoms with E-state index in [4.69, 9.17) is 0 Å². The zero-order valence-corrected chi connectivity index (χ0v) is 12.6. The molecule has 1 saturated heterocycles. The highest BCUT2D eigenvalue weighted by Gasteiger charge is 2.31. The number of halogens is 2. The molecular formula is C16H19F2N3O. The van der Waals surface area contributed by atoms with Crippen molar-refractivity contribution in [2.24, 2.45) is 0 Å². The van der Waals surface area contributed by atoms with E-state index in [1.54, 1.807) is 0 Å². The maximum absolute atomic E-state index is 13.2. The monoisotopic (exact) mass is 307 g/mol. The van der Waals surface area contributed by atoms with E-state index >= 15 is 0 Å². The zero-order valence-electron chi connectivity index (χ0n) is 12.6. The number of aliphatic hydroxyl groups excluding tert-OH is 1. The SMILES string of the molecule is Cc1cc(C)n(C2CN(C[C@H](O)c3ccc(F)c(F)c3)C2)n1. The minimum absolute atomic E-state index is 0.311. The quantitative estimate of drug-likeness (QED) is 0.943. The predicted molar refractivity (Wildman–Crippen MR) is 78.5 cm³/mol. The van der Waals surface area contributed by atoms with Crippen LogP contribution in [0.2, 0.25) is 0 Å². The first kappa shape index (κ1) is 15.1. The number of hydrogen-bond acceptors (Lipinski definition) is 3. The second kappa shape index (κ2) is 5.78. The summed E-state index contributed by atoms with van der Waals surface area (Å²) in [4.78, 5) is 2.08. The second-order valence-electron chi connectivity index (χ2n) is 5.93. The molecule has 0 saturated carbocycles. The minimum atomic E-state index is -0.930. The second-order valence-corrected chi connectivity index (χ2v) is 5.93. The maximum atomic E-state index is 13.2. The van der Waals surface area contributed by atoms with Crippen molar-refractivity contribution in [1.29, 1.82) is 0 Å². The van der Waals surface area contributed by atoms with Gasteiger partial charge < -0.3 is 5.11 Å². The first-order valence-electron chi connectivity index (χ1n) is 7.32. The molecule has 1 aromatic carbocycles. The Hall–Kier alpha value is -1.79. The number of rotatable bonds is 4. The van der Waals surface area contributed by atoms with Gasteiger partial charge in [0.2, 0.25) is 0 Å². The molecule has 4 nitrogen and oxygen atoms in total. The van der Waals surface area contributed by atoms with Crippen molar-refractivity contribution in [3.05, 3.63) is 52.9 Å². The van der Waals surface area contributed by atoms with Gasteiger partial charge in [-0.15, -0.1) is 0 Å². The average molecular weight is 307 g/mol. The molecule has 6 heteroatoms. The normalized spacial score (nSPS) is 17.5. The zero-order chi connectivity index (χ0) is 15.9. The molecule has 1 aromatic heterocycles. The number of nitrogens with zero attached hydrogens (tertiary/aromatic N) is 3. The highest BCUT2D eigenvalue weighted by Crippen LogP contribution is 2.26. The molecule has 1 aliphatic heterocycles. The van der Waals surface area contributed by atoms with Crippen LogP contribution in [0.3, 0.4) is 0 Å². The summed E-state index contributed by atoms with van der Waals surface area (Å²) in [6, 6.07) is 5.87. The Kier molecular flexibility index (Phi) is 3.97. The fourth-order valence-electron chi connectivity index (χ4n) is 2.93. The van der Waals surface area contributed by atoms with Crippen molar-refractivity contribution < 1.29 is 13.9 Å². The number of aromatic nitrogens is 2. The van der Waals surface area contributed by atoms with Gasteiger partial charge in [0.05, 0.1) is 17.8 Å². The number of aryl methyl sites for hydroxylation is 2. The highest BCUT2D eigenvalue weighted by molar-refractivity contribution is 5.20. The lowest BCUT2D eigenvalue weighted by Crippen LogP contribution is -2.49. The Balaban J connectivity index is 1.57. The van der Waals surface area contributed by atoms with Gasteiger partial charge in [0, 0.05) is 25.3 Å². The van der Waals surface area contributed by atoms with Gasteiger partial charge in [-0.2, -0.15) is 5.10 Å². The van der Waals surface area contributed by atoms with Gasteiger partial charge >= 0.3 is 0 Å². The lowest BCUT2D eigenvalue weighted by Gasteiger charge is -2.40. The van der Waals surface area contributed by atoms with Crippen molar-refractivity contribution in [1.82, 2.24) is 14.7 Å². The molecule has 1 aliphatic rings. The summed E-state index contributed by atoms with van der Waals surface area (Å²) in [5, 5.41) is 14.6. The van der Waals surface area contributed by atoms with Crippen LogP contribution >= 0.6 is 0 Å². The summed E-state index contributed by atoms with van der Waals surface area (Å²) in [6.07, 6.45) is -0.823. The predicted octanol–water partition coefficient (Wildman–Crippen LogP) is 2.37. The molecule has 2 aromatic rings. The third-order valence-corrected chi connectivity index (χ3v) is 4.09.